The Morgan fingerprint density at radius 1 is 1.38 bits per heavy atom. The Kier molecular flexibility index (Phi) is 5.10. The van der Waals surface area contributed by atoms with Crippen LogP contribution in [0.15, 0.2) is 15.1 Å². The predicted molar refractivity (Wildman–Crippen MR) is 73.6 cm³/mol. The number of carbonyl (C=O) groups is 1. The van der Waals surface area contributed by atoms with E-state index in [1.165, 1.54) is 0 Å². The molecule has 0 saturated carbocycles. The van der Waals surface area contributed by atoms with E-state index < -0.39 is 0 Å². The summed E-state index contributed by atoms with van der Waals surface area (Å²) in [4.78, 5) is 12.1. The first-order valence-corrected chi connectivity index (χ1v) is 6.82. The predicted octanol–water partition coefficient (Wildman–Crippen LogP) is 2.00. The van der Waals surface area contributed by atoms with Crippen molar-refractivity contribution in [3.8, 4) is 0 Å². The summed E-state index contributed by atoms with van der Waals surface area (Å²) in [5, 5.41) is 10.4. The van der Waals surface area contributed by atoms with Crippen LogP contribution >= 0.6 is 0 Å². The minimum atomic E-state index is -0.327. The van der Waals surface area contributed by atoms with E-state index in [-0.39, 0.29) is 24.8 Å². The molecule has 0 bridgehead atoms. The fourth-order valence-electron chi connectivity index (χ4n) is 1.95. The Morgan fingerprint density at radius 2 is 2.19 bits per heavy atom. The highest BCUT2D eigenvalue weighted by Crippen LogP contribution is 2.14. The molecular weight excluding hydrogens is 274 g/mol. The topological polar surface area (TPSA) is 90.4 Å². The van der Waals surface area contributed by atoms with Crippen molar-refractivity contribution in [3.63, 3.8) is 0 Å². The van der Waals surface area contributed by atoms with Crippen molar-refractivity contribution in [1.82, 2.24) is 15.6 Å². The number of rotatable bonds is 7. The van der Waals surface area contributed by atoms with Gasteiger partial charge in [-0.1, -0.05) is 23.7 Å². The van der Waals surface area contributed by atoms with Crippen molar-refractivity contribution in [3.05, 3.63) is 34.5 Å². The van der Waals surface area contributed by atoms with Crippen LogP contribution in [0.4, 0.5) is 0 Å². The quantitative estimate of drug-likeness (QED) is 0.839. The molecule has 0 saturated heterocycles. The van der Waals surface area contributed by atoms with Crippen molar-refractivity contribution >= 4 is 5.91 Å². The summed E-state index contributed by atoms with van der Waals surface area (Å²) in [5.41, 5.74) is 1.78. The Morgan fingerprint density at radius 3 is 2.90 bits per heavy atom. The van der Waals surface area contributed by atoms with Crippen LogP contribution in [-0.4, -0.2) is 23.3 Å². The van der Waals surface area contributed by atoms with E-state index in [2.05, 4.69) is 22.6 Å². The molecular formula is C14H19N3O4. The Hall–Kier alpha value is -2.15. The van der Waals surface area contributed by atoms with Gasteiger partial charge in [0.15, 0.2) is 11.5 Å². The number of methoxy groups -OCH3 is 1. The van der Waals surface area contributed by atoms with Gasteiger partial charge in [-0.05, 0) is 13.3 Å². The third-order valence-electron chi connectivity index (χ3n) is 3.03. The minimum absolute atomic E-state index is 0.239. The maximum Gasteiger partial charge on any atom is 0.274 e. The van der Waals surface area contributed by atoms with Gasteiger partial charge < -0.3 is 19.1 Å². The van der Waals surface area contributed by atoms with Crippen LogP contribution in [0, 0.1) is 6.92 Å². The zero-order chi connectivity index (χ0) is 15.2. The number of hydrogen-bond donors (Lipinski definition) is 1. The van der Waals surface area contributed by atoms with Crippen LogP contribution in [0.1, 0.15) is 46.6 Å². The van der Waals surface area contributed by atoms with Gasteiger partial charge in [0.05, 0.1) is 24.4 Å². The number of aryl methyl sites for hydroxylation is 2. The summed E-state index contributed by atoms with van der Waals surface area (Å²) in [6, 6.07) is 1.84. The van der Waals surface area contributed by atoms with Gasteiger partial charge in [-0.15, -0.1) is 0 Å². The summed E-state index contributed by atoms with van der Waals surface area (Å²) in [6.07, 6.45) is 1.86. The number of nitrogens with one attached hydrogen (secondary N) is 1. The Bertz CT molecular complexity index is 603. The summed E-state index contributed by atoms with van der Waals surface area (Å²) < 4.78 is 15.2. The lowest BCUT2D eigenvalue weighted by atomic mass is 10.2. The van der Waals surface area contributed by atoms with Gasteiger partial charge in [-0.3, -0.25) is 4.79 Å². The molecule has 0 fully saturated rings. The molecule has 21 heavy (non-hydrogen) atoms. The average Bonchev–Trinajstić information content (AvgIpc) is 3.05. The zero-order valence-corrected chi connectivity index (χ0v) is 12.4. The molecule has 1 amide bonds. The van der Waals surface area contributed by atoms with Crippen molar-refractivity contribution in [2.75, 3.05) is 7.11 Å². The summed E-state index contributed by atoms with van der Waals surface area (Å²) in [5.74, 6) is 0.861. The first kappa shape index (κ1) is 15.2. The third-order valence-corrected chi connectivity index (χ3v) is 3.03. The Balaban J connectivity index is 1.98. The molecule has 0 radical (unpaired) electrons. The highest BCUT2D eigenvalue weighted by atomic mass is 16.5. The normalized spacial score (nSPS) is 10.8. The molecule has 0 atom stereocenters. The third kappa shape index (κ3) is 3.69. The second-order valence-electron chi connectivity index (χ2n) is 4.72. The standard InChI is InChI=1S/C14H19N3O4/c1-4-5-10-6-11(21-16-10)7-15-14(18)13-12(8-19-3)9(2)20-17-13/h6H,4-5,7-8H2,1-3H3,(H,15,18). The molecule has 0 aromatic carbocycles. The molecule has 0 aliphatic heterocycles. The number of hydrogen-bond acceptors (Lipinski definition) is 6. The first-order chi connectivity index (χ1) is 10.2. The van der Waals surface area contributed by atoms with Gasteiger partial charge in [0.1, 0.15) is 5.76 Å². The molecule has 7 heteroatoms. The van der Waals surface area contributed by atoms with Gasteiger partial charge in [0, 0.05) is 13.2 Å². The number of amides is 1. The molecule has 0 aliphatic rings. The molecule has 0 spiro atoms. The lowest BCUT2D eigenvalue weighted by Crippen LogP contribution is -2.24. The number of ether oxygens (including phenoxy) is 1. The lowest BCUT2D eigenvalue weighted by Gasteiger charge is -2.02. The number of aromatic nitrogens is 2. The van der Waals surface area contributed by atoms with Gasteiger partial charge in [-0.2, -0.15) is 0 Å². The second-order valence-corrected chi connectivity index (χ2v) is 4.72. The van der Waals surface area contributed by atoms with Crippen LogP contribution in [0.25, 0.3) is 0 Å². The summed E-state index contributed by atoms with van der Waals surface area (Å²) in [6.45, 7) is 4.35. The highest BCUT2D eigenvalue weighted by molar-refractivity contribution is 5.93. The fourth-order valence-corrected chi connectivity index (χ4v) is 1.95. The lowest BCUT2D eigenvalue weighted by molar-refractivity contribution is 0.0933. The SMILES string of the molecule is CCCc1cc(CNC(=O)c2noc(C)c2COC)on1. The van der Waals surface area contributed by atoms with Crippen LogP contribution in [0.2, 0.25) is 0 Å². The molecule has 2 heterocycles. The van der Waals surface area contributed by atoms with Crippen LogP contribution in [0.3, 0.4) is 0 Å². The first-order valence-electron chi connectivity index (χ1n) is 6.82. The molecule has 7 nitrogen and oxygen atoms in total. The van der Waals surface area contributed by atoms with Gasteiger partial charge in [0.2, 0.25) is 0 Å². The largest absolute Gasteiger partial charge is 0.380 e. The highest BCUT2D eigenvalue weighted by Gasteiger charge is 2.19. The van der Waals surface area contributed by atoms with Crippen molar-refractivity contribution in [1.29, 1.82) is 0 Å². The van der Waals surface area contributed by atoms with Crippen LogP contribution in [0.5, 0.6) is 0 Å². The maximum absolute atomic E-state index is 12.1. The van der Waals surface area contributed by atoms with E-state index in [4.69, 9.17) is 13.8 Å². The van der Waals surface area contributed by atoms with Crippen molar-refractivity contribution in [2.45, 2.75) is 39.8 Å². The van der Waals surface area contributed by atoms with E-state index in [0.29, 0.717) is 17.1 Å². The van der Waals surface area contributed by atoms with Gasteiger partial charge in [-0.25, -0.2) is 0 Å². The second kappa shape index (κ2) is 7.03. The van der Waals surface area contributed by atoms with E-state index in [1.54, 1.807) is 14.0 Å². The average molecular weight is 293 g/mol. The molecule has 2 aromatic rings. The Labute approximate surface area is 122 Å². The smallest absolute Gasteiger partial charge is 0.274 e. The summed E-state index contributed by atoms with van der Waals surface area (Å²) >= 11 is 0. The van der Waals surface area contributed by atoms with Crippen molar-refractivity contribution < 1.29 is 18.6 Å². The molecule has 114 valence electrons. The molecule has 0 unspecified atom stereocenters. The maximum atomic E-state index is 12.1. The fraction of sp³-hybridized carbons (Fsp3) is 0.500. The van der Waals surface area contributed by atoms with E-state index in [0.717, 1.165) is 18.5 Å². The van der Waals surface area contributed by atoms with Crippen LogP contribution in [-0.2, 0) is 24.3 Å². The summed E-state index contributed by atoms with van der Waals surface area (Å²) in [7, 11) is 1.55. The van der Waals surface area contributed by atoms with Crippen molar-refractivity contribution in [2.24, 2.45) is 0 Å². The van der Waals surface area contributed by atoms with E-state index in [1.807, 2.05) is 6.07 Å². The molecule has 1 N–H and O–H groups in total. The molecule has 0 aliphatic carbocycles. The van der Waals surface area contributed by atoms with E-state index >= 15 is 0 Å². The van der Waals surface area contributed by atoms with Gasteiger partial charge >= 0.3 is 0 Å². The number of carbonyl (C=O) groups excluding carboxylic acids is 1. The minimum Gasteiger partial charge on any atom is -0.380 e. The van der Waals surface area contributed by atoms with Gasteiger partial charge in [0.25, 0.3) is 5.91 Å². The molecule has 2 aromatic heterocycles. The van der Waals surface area contributed by atoms with E-state index in [9.17, 15) is 4.79 Å². The molecule has 2 rings (SSSR count). The number of nitrogens with zero attached hydrogens (tertiary/aromatic N) is 2. The zero-order valence-electron chi connectivity index (χ0n) is 12.4. The van der Waals surface area contributed by atoms with Crippen LogP contribution < -0.4 is 5.32 Å². The monoisotopic (exact) mass is 293 g/mol.